The topological polar surface area (TPSA) is 81.8 Å². The molecule has 27 heavy (non-hydrogen) atoms. The zero-order chi connectivity index (χ0) is 18.3. The fourth-order valence-corrected chi connectivity index (χ4v) is 4.26. The molecule has 4 rings (SSSR count). The number of hydrogen-bond donors (Lipinski definition) is 2. The molecule has 1 aromatic carbocycles. The number of urea groups is 1. The number of carbonyl (C=O) groups excluding carboxylic acids is 3. The van der Waals surface area contributed by atoms with Crippen LogP contribution in [0.25, 0.3) is 0 Å². The molecule has 146 valence electrons. The van der Waals surface area contributed by atoms with Crippen LogP contribution in [-0.2, 0) is 11.3 Å². The van der Waals surface area contributed by atoms with Crippen LogP contribution in [-0.4, -0.2) is 59.4 Å². The van der Waals surface area contributed by atoms with Crippen LogP contribution in [0.1, 0.15) is 41.6 Å². The van der Waals surface area contributed by atoms with Crippen molar-refractivity contribution in [2.75, 3.05) is 13.6 Å². The van der Waals surface area contributed by atoms with Gasteiger partial charge in [-0.25, -0.2) is 4.79 Å². The third-order valence-electron chi connectivity index (χ3n) is 5.79. The molecule has 1 aromatic rings. The molecule has 0 aromatic heterocycles. The molecule has 3 aliphatic rings. The van der Waals surface area contributed by atoms with Crippen molar-refractivity contribution in [3.8, 4) is 0 Å². The standard InChI is InChI=1S/C19H24N4O3.ClH/c1-22(16-8-14-6-7-15(9-16)21-14)18(25)13-4-2-12(3-5-13)11-23-17(24)10-20-19(23)26;/h2-5,14-16,21H,6-11H2,1H3,(H,20,26);1H. The molecular formula is C19H25ClN4O3. The van der Waals surface area contributed by atoms with E-state index in [9.17, 15) is 14.4 Å². The van der Waals surface area contributed by atoms with E-state index < -0.39 is 0 Å². The lowest BCUT2D eigenvalue weighted by molar-refractivity contribution is -0.125. The minimum absolute atomic E-state index is 0. The van der Waals surface area contributed by atoms with Crippen molar-refractivity contribution in [2.24, 2.45) is 0 Å². The SMILES string of the molecule is CN(C(=O)c1ccc(CN2C(=O)CNC2=O)cc1)C1CC2CCC(C1)N2.Cl. The second-order valence-electron chi connectivity index (χ2n) is 7.51. The van der Waals surface area contributed by atoms with Gasteiger partial charge in [-0.2, -0.15) is 0 Å². The van der Waals surface area contributed by atoms with E-state index in [0.29, 0.717) is 17.6 Å². The van der Waals surface area contributed by atoms with Crippen molar-refractivity contribution in [3.63, 3.8) is 0 Å². The maximum atomic E-state index is 12.8. The molecule has 0 spiro atoms. The number of carbonyl (C=O) groups is 3. The maximum Gasteiger partial charge on any atom is 0.324 e. The van der Waals surface area contributed by atoms with Crippen LogP contribution in [0, 0.1) is 0 Å². The molecule has 4 amide bonds. The van der Waals surface area contributed by atoms with E-state index in [1.165, 1.54) is 17.7 Å². The first-order valence-electron chi connectivity index (χ1n) is 9.21. The van der Waals surface area contributed by atoms with E-state index >= 15 is 0 Å². The summed E-state index contributed by atoms with van der Waals surface area (Å²) in [5, 5.41) is 6.10. The molecule has 8 heteroatoms. The average molecular weight is 393 g/mol. The molecule has 3 heterocycles. The Morgan fingerprint density at radius 1 is 1.15 bits per heavy atom. The third kappa shape index (κ3) is 3.94. The summed E-state index contributed by atoms with van der Waals surface area (Å²) >= 11 is 0. The minimum atomic E-state index is -0.365. The van der Waals surface area contributed by atoms with Gasteiger partial charge in [-0.1, -0.05) is 12.1 Å². The van der Waals surface area contributed by atoms with Gasteiger partial charge in [0.05, 0.1) is 13.1 Å². The zero-order valence-corrected chi connectivity index (χ0v) is 16.1. The number of hydrogen-bond acceptors (Lipinski definition) is 4. The van der Waals surface area contributed by atoms with Gasteiger partial charge >= 0.3 is 6.03 Å². The number of nitrogens with zero attached hydrogens (tertiary/aromatic N) is 2. The predicted molar refractivity (Wildman–Crippen MR) is 103 cm³/mol. The summed E-state index contributed by atoms with van der Waals surface area (Å²) in [5.41, 5.74) is 1.47. The summed E-state index contributed by atoms with van der Waals surface area (Å²) in [6, 6.07) is 8.19. The molecule has 0 radical (unpaired) electrons. The smallest absolute Gasteiger partial charge is 0.324 e. The number of nitrogens with one attached hydrogen (secondary N) is 2. The number of imide groups is 1. The normalized spacial score (nSPS) is 26.6. The zero-order valence-electron chi connectivity index (χ0n) is 15.3. The Hall–Kier alpha value is -2.12. The van der Waals surface area contributed by atoms with Gasteiger partial charge in [-0.3, -0.25) is 14.5 Å². The number of rotatable bonds is 4. The first-order chi connectivity index (χ1) is 12.5. The highest BCUT2D eigenvalue weighted by atomic mass is 35.5. The van der Waals surface area contributed by atoms with E-state index in [-0.39, 0.29) is 49.4 Å². The summed E-state index contributed by atoms with van der Waals surface area (Å²) in [5.74, 6) is -0.201. The Morgan fingerprint density at radius 2 is 1.78 bits per heavy atom. The molecule has 7 nitrogen and oxygen atoms in total. The van der Waals surface area contributed by atoms with E-state index in [0.717, 1.165) is 18.4 Å². The van der Waals surface area contributed by atoms with Gasteiger partial charge in [0.2, 0.25) is 5.91 Å². The van der Waals surface area contributed by atoms with Crippen LogP contribution < -0.4 is 10.6 Å². The van der Waals surface area contributed by atoms with Crippen molar-refractivity contribution < 1.29 is 14.4 Å². The minimum Gasteiger partial charge on any atom is -0.339 e. The van der Waals surface area contributed by atoms with Crippen LogP contribution in [0.4, 0.5) is 4.79 Å². The molecule has 3 saturated heterocycles. The van der Waals surface area contributed by atoms with Gasteiger partial charge in [0.15, 0.2) is 0 Å². The van der Waals surface area contributed by atoms with Crippen molar-refractivity contribution in [3.05, 3.63) is 35.4 Å². The molecule has 2 atom stereocenters. The van der Waals surface area contributed by atoms with Crippen LogP contribution in [0.5, 0.6) is 0 Å². The highest BCUT2D eigenvalue weighted by Gasteiger charge is 2.36. The number of halogens is 1. The van der Waals surface area contributed by atoms with Gasteiger partial charge in [0.1, 0.15) is 0 Å². The molecule has 2 N–H and O–H groups in total. The van der Waals surface area contributed by atoms with Crippen molar-refractivity contribution in [1.29, 1.82) is 0 Å². The van der Waals surface area contributed by atoms with Crippen molar-refractivity contribution in [1.82, 2.24) is 20.4 Å². The molecule has 2 bridgehead atoms. The van der Waals surface area contributed by atoms with Crippen LogP contribution >= 0.6 is 12.4 Å². The monoisotopic (exact) mass is 392 g/mol. The lowest BCUT2D eigenvalue weighted by atomic mass is 9.98. The summed E-state index contributed by atoms with van der Waals surface area (Å²) in [6.07, 6.45) is 4.45. The summed E-state index contributed by atoms with van der Waals surface area (Å²) < 4.78 is 0. The van der Waals surface area contributed by atoms with Gasteiger partial charge in [0, 0.05) is 30.7 Å². The fourth-order valence-electron chi connectivity index (χ4n) is 4.26. The van der Waals surface area contributed by atoms with E-state index in [4.69, 9.17) is 0 Å². The quantitative estimate of drug-likeness (QED) is 0.761. The Kier molecular flexibility index (Phi) is 5.72. The number of piperidine rings is 1. The molecule has 0 aliphatic carbocycles. The van der Waals surface area contributed by atoms with Crippen LogP contribution in [0.3, 0.4) is 0 Å². The van der Waals surface area contributed by atoms with E-state index in [1.807, 2.05) is 24.1 Å². The lowest BCUT2D eigenvalue weighted by Crippen LogP contribution is -2.48. The molecule has 3 aliphatic heterocycles. The highest BCUT2D eigenvalue weighted by Crippen LogP contribution is 2.29. The van der Waals surface area contributed by atoms with Crippen molar-refractivity contribution in [2.45, 2.75) is 50.4 Å². The first kappa shape index (κ1) is 19.6. The maximum absolute atomic E-state index is 12.8. The summed E-state index contributed by atoms with van der Waals surface area (Å²) in [4.78, 5) is 39.2. The number of amides is 4. The Balaban J connectivity index is 0.00000210. The summed E-state index contributed by atoms with van der Waals surface area (Å²) in [7, 11) is 1.89. The first-order valence-corrected chi connectivity index (χ1v) is 9.21. The second-order valence-corrected chi connectivity index (χ2v) is 7.51. The third-order valence-corrected chi connectivity index (χ3v) is 5.79. The number of benzene rings is 1. The molecule has 2 unspecified atom stereocenters. The number of fused-ring (bicyclic) bond motifs is 2. The molecular weight excluding hydrogens is 368 g/mol. The van der Waals surface area contributed by atoms with E-state index in [2.05, 4.69) is 10.6 Å². The van der Waals surface area contributed by atoms with Crippen LogP contribution in [0.15, 0.2) is 24.3 Å². The lowest BCUT2D eigenvalue weighted by Gasteiger charge is -2.35. The summed E-state index contributed by atoms with van der Waals surface area (Å²) in [6.45, 7) is 0.283. The van der Waals surface area contributed by atoms with E-state index in [1.54, 1.807) is 12.1 Å². The highest BCUT2D eigenvalue weighted by molar-refractivity contribution is 6.01. The fraction of sp³-hybridized carbons (Fsp3) is 0.526. The average Bonchev–Trinajstić information content (AvgIpc) is 3.16. The molecule has 3 fully saturated rings. The predicted octanol–water partition coefficient (Wildman–Crippen LogP) is 1.52. The van der Waals surface area contributed by atoms with Gasteiger partial charge in [-0.05, 0) is 43.4 Å². The Labute approximate surface area is 164 Å². The Bertz CT molecular complexity index is 711. The van der Waals surface area contributed by atoms with Gasteiger partial charge in [-0.15, -0.1) is 12.4 Å². The van der Waals surface area contributed by atoms with Gasteiger partial charge in [0.25, 0.3) is 5.91 Å². The van der Waals surface area contributed by atoms with Crippen LogP contribution in [0.2, 0.25) is 0 Å². The van der Waals surface area contributed by atoms with Gasteiger partial charge < -0.3 is 15.5 Å². The second kappa shape index (κ2) is 7.86. The molecule has 0 saturated carbocycles. The Morgan fingerprint density at radius 3 is 2.33 bits per heavy atom. The largest absolute Gasteiger partial charge is 0.339 e. The van der Waals surface area contributed by atoms with Crippen molar-refractivity contribution >= 4 is 30.3 Å².